The first-order valence-electron chi connectivity index (χ1n) is 35.6. The molecule has 1 amide bonds. The first-order valence-corrected chi connectivity index (χ1v) is 37.1. The zero-order valence-electron chi connectivity index (χ0n) is 55.7. The van der Waals surface area contributed by atoms with Crippen LogP contribution < -0.4 is 5.32 Å². The van der Waals surface area contributed by atoms with Crippen LogP contribution in [0.3, 0.4) is 0 Å². The van der Waals surface area contributed by atoms with Crippen LogP contribution >= 0.6 is 7.82 Å². The summed E-state index contributed by atoms with van der Waals surface area (Å²) in [7, 11) is 1.50. The van der Waals surface area contributed by atoms with Crippen LogP contribution in [0.1, 0.15) is 342 Å². The Morgan fingerprint density at radius 2 is 0.735 bits per heavy atom. The van der Waals surface area contributed by atoms with Crippen LogP contribution in [0.15, 0.2) is 60.8 Å². The van der Waals surface area contributed by atoms with Gasteiger partial charge in [-0.1, -0.05) is 294 Å². The lowest BCUT2D eigenvalue weighted by Gasteiger charge is -2.27. The summed E-state index contributed by atoms with van der Waals surface area (Å²) in [6.45, 7) is 7.01. The third kappa shape index (κ3) is 64.0. The fourth-order valence-electron chi connectivity index (χ4n) is 10.4. The van der Waals surface area contributed by atoms with Gasteiger partial charge in [-0.3, -0.25) is 18.6 Å². The molecule has 0 spiro atoms. The van der Waals surface area contributed by atoms with Crippen LogP contribution in [0.4, 0.5) is 0 Å². The third-order valence-electron chi connectivity index (χ3n) is 15.9. The highest BCUT2D eigenvalue weighted by atomic mass is 31.2. The Labute approximate surface area is 515 Å². The van der Waals surface area contributed by atoms with Crippen molar-refractivity contribution in [2.75, 3.05) is 40.9 Å². The Balaban J connectivity index is 5.08. The van der Waals surface area contributed by atoms with E-state index in [1.54, 1.807) is 0 Å². The highest BCUT2D eigenvalue weighted by Gasteiger charge is 2.30. The second-order valence-electron chi connectivity index (χ2n) is 25.4. The molecule has 3 unspecified atom stereocenters. The van der Waals surface area contributed by atoms with E-state index in [9.17, 15) is 19.0 Å². The molecule has 0 aromatic rings. The van der Waals surface area contributed by atoms with E-state index in [0.29, 0.717) is 23.9 Å². The number of nitrogens with one attached hydrogen (secondary N) is 1. The molecule has 3 atom stereocenters. The third-order valence-corrected chi connectivity index (χ3v) is 16.9. The van der Waals surface area contributed by atoms with Crippen LogP contribution in [0.2, 0.25) is 0 Å². The van der Waals surface area contributed by atoms with Gasteiger partial charge in [0.05, 0.1) is 33.8 Å². The van der Waals surface area contributed by atoms with Crippen molar-refractivity contribution in [2.24, 2.45) is 0 Å². The lowest BCUT2D eigenvalue weighted by molar-refractivity contribution is -0.870. The minimum absolute atomic E-state index is 0.0396. The van der Waals surface area contributed by atoms with Crippen LogP contribution in [0.25, 0.3) is 0 Å². The number of rotatable bonds is 65. The molecule has 0 radical (unpaired) electrons. The smallest absolute Gasteiger partial charge is 0.456 e. The summed E-state index contributed by atoms with van der Waals surface area (Å²) in [6, 6.07) is -0.851. The number of quaternary nitrogens is 1. The first-order chi connectivity index (χ1) is 40.4. The number of amides is 1. The summed E-state index contributed by atoms with van der Waals surface area (Å²) in [6.07, 6.45) is 80.8. The zero-order valence-corrected chi connectivity index (χ0v) is 56.6. The highest BCUT2D eigenvalue weighted by Crippen LogP contribution is 2.43. The number of likely N-dealkylation sites (N-methyl/N-ethyl adjacent to an activating group) is 1. The van der Waals surface area contributed by atoms with Crippen molar-refractivity contribution in [2.45, 2.75) is 354 Å². The second kappa shape index (κ2) is 62.8. The molecule has 0 aliphatic carbocycles. The van der Waals surface area contributed by atoms with Crippen LogP contribution in [-0.2, 0) is 27.9 Å². The predicted octanol–water partition coefficient (Wildman–Crippen LogP) is 22.6. The zero-order chi connectivity index (χ0) is 60.7. The van der Waals surface area contributed by atoms with E-state index >= 15 is 0 Å². The number of allylic oxidation sites excluding steroid dienone is 9. The van der Waals surface area contributed by atoms with E-state index < -0.39 is 20.0 Å². The molecular weight excluding hydrogens is 1050 g/mol. The number of unbranched alkanes of at least 4 members (excludes halogenated alkanes) is 41. The van der Waals surface area contributed by atoms with Crippen LogP contribution in [0.5, 0.6) is 0 Å². The van der Waals surface area contributed by atoms with Crippen LogP contribution in [-0.4, -0.2) is 74.3 Å². The highest BCUT2D eigenvalue weighted by molar-refractivity contribution is 7.47. The maximum absolute atomic E-state index is 13.6. The number of phosphoric ester groups is 1. The molecule has 0 saturated carbocycles. The van der Waals surface area contributed by atoms with E-state index in [4.69, 9.17) is 13.8 Å². The summed E-state index contributed by atoms with van der Waals surface area (Å²) in [5, 5.41) is 3.07. The molecule has 0 bridgehead atoms. The quantitative estimate of drug-likeness (QED) is 0.0205. The Bertz CT molecular complexity index is 1600. The maximum atomic E-state index is 13.6. The monoisotopic (exact) mass is 1190 g/mol. The molecule has 0 rings (SSSR count). The molecule has 0 heterocycles. The summed E-state index contributed by atoms with van der Waals surface area (Å²) < 4.78 is 30.8. The van der Waals surface area contributed by atoms with Crippen molar-refractivity contribution in [1.29, 1.82) is 0 Å². The van der Waals surface area contributed by atoms with Crippen molar-refractivity contribution in [3.05, 3.63) is 60.8 Å². The van der Waals surface area contributed by atoms with Crippen LogP contribution in [0, 0.1) is 0 Å². The van der Waals surface area contributed by atoms with Crippen molar-refractivity contribution < 1.29 is 37.3 Å². The van der Waals surface area contributed by atoms with Gasteiger partial charge in [0.15, 0.2) is 0 Å². The largest absolute Gasteiger partial charge is 0.472 e. The Kier molecular flexibility index (Phi) is 61.0. The molecule has 10 heteroatoms. The molecule has 0 aliphatic rings. The number of phosphoric acid groups is 1. The molecule has 0 aromatic heterocycles. The Morgan fingerprint density at radius 3 is 1.11 bits per heavy atom. The average Bonchev–Trinajstić information content (AvgIpc) is 3.46. The lowest BCUT2D eigenvalue weighted by atomic mass is 10.0. The van der Waals surface area contributed by atoms with E-state index in [-0.39, 0.29) is 25.1 Å². The van der Waals surface area contributed by atoms with E-state index in [1.165, 1.54) is 238 Å². The molecule has 0 aliphatic heterocycles. The molecule has 0 aromatic carbocycles. The van der Waals surface area contributed by atoms with E-state index in [0.717, 1.165) is 70.6 Å². The summed E-state index contributed by atoms with van der Waals surface area (Å²) >= 11 is 0. The number of carbonyl (C=O) groups excluding carboxylic acids is 2. The van der Waals surface area contributed by atoms with E-state index in [1.807, 2.05) is 33.3 Å². The molecule has 0 fully saturated rings. The minimum atomic E-state index is -4.46. The van der Waals surface area contributed by atoms with Gasteiger partial charge in [0, 0.05) is 12.8 Å². The fraction of sp³-hybridized carbons (Fsp3) is 0.836. The number of nitrogens with zero attached hydrogens (tertiary/aromatic N) is 1. The van der Waals surface area contributed by atoms with Gasteiger partial charge in [0.2, 0.25) is 5.91 Å². The summed E-state index contributed by atoms with van der Waals surface area (Å²) in [5.41, 5.74) is 0. The molecule has 9 nitrogen and oxygen atoms in total. The number of esters is 1. The lowest BCUT2D eigenvalue weighted by Crippen LogP contribution is -2.47. The molecular formula is C73H138N2O7P+. The molecule has 0 saturated heterocycles. The van der Waals surface area contributed by atoms with Gasteiger partial charge in [-0.05, 0) is 96.0 Å². The maximum Gasteiger partial charge on any atom is 0.472 e. The fourth-order valence-corrected chi connectivity index (χ4v) is 11.2. The van der Waals surface area contributed by atoms with Crippen molar-refractivity contribution in [3.8, 4) is 0 Å². The summed E-state index contributed by atoms with van der Waals surface area (Å²) in [4.78, 5) is 37.9. The van der Waals surface area contributed by atoms with Crippen molar-refractivity contribution in [1.82, 2.24) is 5.32 Å². The SMILES string of the molecule is CCCCC/C=C\C/C=C\CCCCCCCCCCCCCCCCCC(=O)OC(/C=C\CCCCCCCCCCCCC)C(COP(=O)(O)OCC[N+](C)(C)C)NC(=O)CCCCCCCCCCC/C=C\C/C=C\CCCCC. The normalized spacial score (nSPS) is 13.9. The molecule has 83 heavy (non-hydrogen) atoms. The number of ether oxygens (including phenoxy) is 1. The Hall–Kier alpha value is -2.29. The van der Waals surface area contributed by atoms with Crippen molar-refractivity contribution in [3.63, 3.8) is 0 Å². The van der Waals surface area contributed by atoms with Crippen molar-refractivity contribution >= 4 is 19.7 Å². The molecule has 486 valence electrons. The van der Waals surface area contributed by atoms with Gasteiger partial charge < -0.3 is 19.4 Å². The van der Waals surface area contributed by atoms with E-state index in [2.05, 4.69) is 74.7 Å². The topological polar surface area (TPSA) is 111 Å². The standard InChI is InChI=1S/C73H137N2O7P/c1-7-10-13-16-19-22-25-28-30-32-34-35-36-37-38-39-41-43-45-48-51-54-57-60-63-66-73(77)82-71(64-61-58-55-52-49-46-27-24-21-18-15-12-9-3)70(69-81-83(78,79)80-68-67-75(4,5)6)74-72(76)65-62-59-56-53-50-47-44-42-40-33-31-29-26-23-20-17-14-11-8-2/h19-20,22-23,28-31,61,64,70-71H,7-18,21,24-27,32-60,62-63,65-69H2,1-6H3,(H-,74,76,78,79)/p+1/b22-19-,23-20-,30-28-,31-29-,64-61-. The van der Waals surface area contributed by atoms with Gasteiger partial charge >= 0.3 is 13.8 Å². The summed E-state index contributed by atoms with van der Waals surface area (Å²) in [5.74, 6) is -0.497. The average molecular weight is 1190 g/mol. The Morgan fingerprint density at radius 1 is 0.422 bits per heavy atom. The number of carbonyl (C=O) groups is 2. The van der Waals surface area contributed by atoms with Gasteiger partial charge in [-0.25, -0.2) is 4.57 Å². The first kappa shape index (κ1) is 80.7. The predicted molar refractivity (Wildman–Crippen MR) is 360 cm³/mol. The van der Waals surface area contributed by atoms with Gasteiger partial charge in [-0.2, -0.15) is 0 Å². The van der Waals surface area contributed by atoms with Gasteiger partial charge in [0.1, 0.15) is 19.3 Å². The number of hydrogen-bond donors (Lipinski definition) is 2. The minimum Gasteiger partial charge on any atom is -0.456 e. The van der Waals surface area contributed by atoms with Gasteiger partial charge in [0.25, 0.3) is 0 Å². The second-order valence-corrected chi connectivity index (χ2v) is 26.9. The van der Waals surface area contributed by atoms with Gasteiger partial charge in [-0.15, -0.1) is 0 Å². The number of hydrogen-bond acceptors (Lipinski definition) is 6. The molecule has 2 N–H and O–H groups in total.